The van der Waals surface area contributed by atoms with Crippen LogP contribution < -0.4 is 5.32 Å². The van der Waals surface area contributed by atoms with Crippen LogP contribution in [0.3, 0.4) is 0 Å². The summed E-state index contributed by atoms with van der Waals surface area (Å²) in [6, 6.07) is 2.07. The Balaban J connectivity index is 1.32. The predicted octanol–water partition coefficient (Wildman–Crippen LogP) is 1.28. The maximum Gasteiger partial charge on any atom is 0.245 e. The lowest BCUT2D eigenvalue weighted by Gasteiger charge is -2.45. The van der Waals surface area contributed by atoms with Crippen molar-refractivity contribution in [2.75, 3.05) is 25.0 Å². The second-order valence-electron chi connectivity index (χ2n) is 7.72. The predicted molar refractivity (Wildman–Crippen MR) is 92.7 cm³/mol. The van der Waals surface area contributed by atoms with E-state index in [0.717, 1.165) is 57.6 Å². The summed E-state index contributed by atoms with van der Waals surface area (Å²) >= 11 is 0. The molecule has 2 amide bonds. The topological polar surface area (TPSA) is 78.4 Å². The smallest absolute Gasteiger partial charge is 0.245 e. The van der Waals surface area contributed by atoms with E-state index < -0.39 is 0 Å². The molecule has 1 spiro atoms. The molecular formula is C18H25N5O2. The van der Waals surface area contributed by atoms with E-state index in [1.165, 1.54) is 0 Å². The van der Waals surface area contributed by atoms with E-state index in [1.807, 2.05) is 11.0 Å². The van der Waals surface area contributed by atoms with Crippen LogP contribution in [0.2, 0.25) is 0 Å². The molecule has 2 saturated heterocycles. The molecule has 0 aromatic carbocycles. The summed E-state index contributed by atoms with van der Waals surface area (Å²) in [4.78, 5) is 36.5. The number of anilines is 1. The number of carbonyl (C=O) groups is 2. The van der Waals surface area contributed by atoms with Gasteiger partial charge in [-0.3, -0.25) is 9.59 Å². The number of aromatic nitrogens is 2. The van der Waals surface area contributed by atoms with Crippen LogP contribution in [0.4, 0.5) is 5.82 Å². The molecule has 7 heteroatoms. The molecule has 25 heavy (non-hydrogen) atoms. The molecule has 7 nitrogen and oxygen atoms in total. The van der Waals surface area contributed by atoms with Gasteiger partial charge in [0.2, 0.25) is 11.8 Å². The van der Waals surface area contributed by atoms with Gasteiger partial charge in [-0.25, -0.2) is 9.97 Å². The maximum atomic E-state index is 12.9. The normalized spacial score (nSPS) is 31.2. The number of carbonyl (C=O) groups excluding carboxylic acids is 2. The van der Waals surface area contributed by atoms with E-state index in [4.69, 9.17) is 0 Å². The Morgan fingerprint density at radius 3 is 2.88 bits per heavy atom. The zero-order valence-corrected chi connectivity index (χ0v) is 14.6. The van der Waals surface area contributed by atoms with Gasteiger partial charge < -0.3 is 15.1 Å². The largest absolute Gasteiger partial charge is 0.367 e. The minimum atomic E-state index is -0.234. The maximum absolute atomic E-state index is 12.9. The summed E-state index contributed by atoms with van der Waals surface area (Å²) in [5.41, 5.74) is 0.250. The molecule has 1 atom stereocenters. The van der Waals surface area contributed by atoms with Crippen LogP contribution in [0.1, 0.15) is 39.0 Å². The van der Waals surface area contributed by atoms with Gasteiger partial charge in [-0.05, 0) is 43.6 Å². The molecule has 3 aliphatic rings. The lowest BCUT2D eigenvalue weighted by atomic mass is 9.65. The molecule has 1 aromatic heterocycles. The molecule has 1 aliphatic carbocycles. The summed E-state index contributed by atoms with van der Waals surface area (Å²) in [6.07, 6.45) is 8.23. The Morgan fingerprint density at radius 2 is 2.16 bits per heavy atom. The first-order valence-corrected chi connectivity index (χ1v) is 9.15. The van der Waals surface area contributed by atoms with Crippen LogP contribution in [0.25, 0.3) is 0 Å². The number of amides is 2. The first-order valence-electron chi connectivity index (χ1n) is 9.15. The number of likely N-dealkylation sites (tertiary alicyclic amines) is 2. The second-order valence-corrected chi connectivity index (χ2v) is 7.72. The van der Waals surface area contributed by atoms with E-state index in [-0.39, 0.29) is 23.3 Å². The van der Waals surface area contributed by atoms with Crippen molar-refractivity contribution in [3.8, 4) is 0 Å². The van der Waals surface area contributed by atoms with Crippen molar-refractivity contribution in [1.29, 1.82) is 0 Å². The third-order valence-electron chi connectivity index (χ3n) is 5.99. The van der Waals surface area contributed by atoms with E-state index in [9.17, 15) is 9.59 Å². The van der Waals surface area contributed by atoms with Crippen molar-refractivity contribution >= 4 is 17.6 Å². The summed E-state index contributed by atoms with van der Waals surface area (Å²) in [7, 11) is 0. The van der Waals surface area contributed by atoms with Gasteiger partial charge in [-0.2, -0.15) is 0 Å². The molecule has 2 aliphatic heterocycles. The lowest BCUT2D eigenvalue weighted by Crippen LogP contribution is -2.50. The van der Waals surface area contributed by atoms with Gasteiger partial charge in [0.25, 0.3) is 0 Å². The van der Waals surface area contributed by atoms with Crippen molar-refractivity contribution in [3.63, 3.8) is 0 Å². The third-order valence-corrected chi connectivity index (χ3v) is 5.99. The molecular weight excluding hydrogens is 318 g/mol. The van der Waals surface area contributed by atoms with Crippen LogP contribution in [0, 0.1) is 5.41 Å². The Bertz CT molecular complexity index is 659. The highest BCUT2D eigenvalue weighted by Gasteiger charge is 2.50. The van der Waals surface area contributed by atoms with E-state index >= 15 is 0 Å². The van der Waals surface area contributed by atoms with Crippen molar-refractivity contribution < 1.29 is 9.59 Å². The molecule has 1 unspecified atom stereocenters. The zero-order valence-electron chi connectivity index (χ0n) is 14.6. The van der Waals surface area contributed by atoms with Crippen molar-refractivity contribution in [2.24, 2.45) is 5.41 Å². The van der Waals surface area contributed by atoms with Gasteiger partial charge in [0.15, 0.2) is 0 Å². The average molecular weight is 343 g/mol. The monoisotopic (exact) mass is 343 g/mol. The highest BCUT2D eigenvalue weighted by molar-refractivity contribution is 5.87. The summed E-state index contributed by atoms with van der Waals surface area (Å²) in [5.74, 6) is 1.03. The molecule has 3 heterocycles. The van der Waals surface area contributed by atoms with Crippen molar-refractivity contribution in [2.45, 2.75) is 51.1 Å². The van der Waals surface area contributed by atoms with Gasteiger partial charge in [-0.15, -0.1) is 0 Å². The third kappa shape index (κ3) is 3.07. The van der Waals surface area contributed by atoms with Crippen molar-refractivity contribution in [1.82, 2.24) is 19.8 Å². The summed E-state index contributed by atoms with van der Waals surface area (Å²) in [6.45, 7) is 3.93. The Morgan fingerprint density at radius 1 is 1.32 bits per heavy atom. The molecule has 4 rings (SSSR count). The van der Waals surface area contributed by atoms with E-state index in [1.54, 1.807) is 24.3 Å². The zero-order chi connectivity index (χ0) is 17.4. The molecule has 0 bridgehead atoms. The Labute approximate surface area is 147 Å². The van der Waals surface area contributed by atoms with Crippen LogP contribution in [0.5, 0.6) is 0 Å². The van der Waals surface area contributed by atoms with Gasteiger partial charge >= 0.3 is 0 Å². The standard InChI is InChI=1S/C18H25N5O2/c1-13(24)23-7-2-3-15(23)17(25)22-8-5-18(11-22)9-14(10-18)21-16-4-6-19-12-20-16/h4,6,12,14-15H,2-3,5,7-11H2,1H3,(H,19,20,21). The fraction of sp³-hybridized carbons (Fsp3) is 0.667. The van der Waals surface area contributed by atoms with E-state index in [0.29, 0.717) is 6.04 Å². The van der Waals surface area contributed by atoms with Gasteiger partial charge in [-0.1, -0.05) is 0 Å². The molecule has 0 radical (unpaired) electrons. The Hall–Kier alpha value is -2.18. The average Bonchev–Trinajstić information content (AvgIpc) is 3.22. The van der Waals surface area contributed by atoms with Gasteiger partial charge in [0.05, 0.1) is 0 Å². The fourth-order valence-corrected chi connectivity index (χ4v) is 4.74. The molecule has 1 aromatic rings. The summed E-state index contributed by atoms with van der Waals surface area (Å²) < 4.78 is 0. The van der Waals surface area contributed by atoms with Crippen LogP contribution in [-0.2, 0) is 9.59 Å². The second kappa shape index (κ2) is 6.28. The minimum Gasteiger partial charge on any atom is -0.367 e. The minimum absolute atomic E-state index is 0.0162. The molecule has 3 fully saturated rings. The SMILES string of the molecule is CC(=O)N1CCCC1C(=O)N1CCC2(CC(Nc3ccncn3)C2)C1. The number of hydrogen-bond acceptors (Lipinski definition) is 5. The summed E-state index contributed by atoms with van der Waals surface area (Å²) in [5, 5.41) is 3.44. The highest BCUT2D eigenvalue weighted by Crippen LogP contribution is 2.49. The number of nitrogens with one attached hydrogen (secondary N) is 1. The molecule has 1 saturated carbocycles. The van der Waals surface area contributed by atoms with Crippen LogP contribution in [0.15, 0.2) is 18.6 Å². The lowest BCUT2D eigenvalue weighted by molar-refractivity contribution is -0.142. The highest BCUT2D eigenvalue weighted by atomic mass is 16.2. The van der Waals surface area contributed by atoms with Crippen LogP contribution >= 0.6 is 0 Å². The quantitative estimate of drug-likeness (QED) is 0.894. The van der Waals surface area contributed by atoms with Gasteiger partial charge in [0, 0.05) is 38.8 Å². The van der Waals surface area contributed by atoms with Crippen LogP contribution in [-0.4, -0.2) is 63.3 Å². The van der Waals surface area contributed by atoms with E-state index in [2.05, 4.69) is 15.3 Å². The number of rotatable bonds is 3. The molecule has 134 valence electrons. The van der Waals surface area contributed by atoms with Crippen molar-refractivity contribution in [3.05, 3.63) is 18.6 Å². The first-order chi connectivity index (χ1) is 12.1. The number of hydrogen-bond donors (Lipinski definition) is 1. The number of nitrogens with zero attached hydrogens (tertiary/aromatic N) is 4. The first kappa shape index (κ1) is 16.3. The Kier molecular flexibility index (Phi) is 4.09. The van der Waals surface area contributed by atoms with Gasteiger partial charge in [0.1, 0.15) is 18.2 Å². The fourth-order valence-electron chi connectivity index (χ4n) is 4.74. The molecule has 1 N–H and O–H groups in total.